The Labute approximate surface area is 130 Å². The highest BCUT2D eigenvalue weighted by atomic mass is 127. The number of halogens is 2. The van der Waals surface area contributed by atoms with Crippen molar-refractivity contribution >= 4 is 45.2 Å². The summed E-state index contributed by atoms with van der Waals surface area (Å²) < 4.78 is 34.4. The first kappa shape index (κ1) is 8.56. The van der Waals surface area contributed by atoms with E-state index in [9.17, 15) is 0 Å². The molecule has 1 nitrogen and oxygen atoms in total. The third-order valence-electron chi connectivity index (χ3n) is 2.84. The molecule has 0 radical (unpaired) electrons. The molecule has 0 spiro atoms. The molecule has 0 amide bonds. The third-order valence-corrected chi connectivity index (χ3v) is 4.90. The third kappa shape index (κ3) is 2.83. The first-order valence-electron chi connectivity index (χ1n) is 7.16. The maximum atomic E-state index is 7.94. The fourth-order valence-electron chi connectivity index (χ4n) is 1.78. The molecule has 1 aromatic rings. The molecule has 0 aromatic heterocycles. The van der Waals surface area contributed by atoms with Crippen molar-refractivity contribution in [3.8, 4) is 5.75 Å². The molecule has 1 aliphatic rings. The van der Waals surface area contributed by atoms with Gasteiger partial charge in [-0.15, -0.1) is 0 Å². The monoisotopic (exact) mass is 446 g/mol. The zero-order valence-corrected chi connectivity index (χ0v) is 13.3. The zero-order valence-electron chi connectivity index (χ0n) is 13.0. The SMILES string of the molecule is [2H]C([2H])(I)C1(C([2H])([2H])I)CC(Oc2ccc(C)cc2)C1. The molecule has 1 fully saturated rings. The maximum Gasteiger partial charge on any atom is 0.119 e. The molecule has 0 bridgehead atoms. The van der Waals surface area contributed by atoms with Crippen molar-refractivity contribution < 1.29 is 10.2 Å². The molecular weight excluding hydrogens is 426 g/mol. The van der Waals surface area contributed by atoms with Crippen molar-refractivity contribution in [1.29, 1.82) is 0 Å². The molecule has 1 aromatic carbocycles. The normalized spacial score (nSPS) is 24.7. The average molecular weight is 446 g/mol. The smallest absolute Gasteiger partial charge is 0.119 e. The van der Waals surface area contributed by atoms with Crippen LogP contribution in [0.25, 0.3) is 0 Å². The second kappa shape index (κ2) is 5.42. The van der Waals surface area contributed by atoms with Crippen LogP contribution in [0.3, 0.4) is 0 Å². The minimum atomic E-state index is -1.59. The molecule has 16 heavy (non-hydrogen) atoms. The van der Waals surface area contributed by atoms with Crippen LogP contribution in [0.4, 0.5) is 0 Å². The topological polar surface area (TPSA) is 9.23 Å². The van der Waals surface area contributed by atoms with Crippen molar-refractivity contribution in [2.24, 2.45) is 5.41 Å². The summed E-state index contributed by atoms with van der Waals surface area (Å²) in [5, 5.41) is 0. The Morgan fingerprint density at radius 3 is 2.38 bits per heavy atom. The van der Waals surface area contributed by atoms with Gasteiger partial charge in [0.15, 0.2) is 0 Å². The molecule has 0 unspecified atom stereocenters. The summed E-state index contributed by atoms with van der Waals surface area (Å²) >= 11 is 3.42. The molecule has 0 saturated heterocycles. The van der Waals surface area contributed by atoms with Gasteiger partial charge in [-0.1, -0.05) is 62.9 Å². The minimum absolute atomic E-state index is 0.118. The van der Waals surface area contributed by atoms with Gasteiger partial charge in [-0.25, -0.2) is 0 Å². The quantitative estimate of drug-likeness (QED) is 0.493. The van der Waals surface area contributed by atoms with Crippen LogP contribution in [0.1, 0.15) is 23.9 Å². The van der Waals surface area contributed by atoms with Gasteiger partial charge in [-0.3, -0.25) is 0 Å². The van der Waals surface area contributed by atoms with Crippen LogP contribution in [0.2, 0.25) is 0 Å². The molecule has 1 aliphatic carbocycles. The van der Waals surface area contributed by atoms with Gasteiger partial charge in [-0.05, 0) is 37.3 Å². The second-order valence-electron chi connectivity index (χ2n) is 4.23. The minimum Gasteiger partial charge on any atom is -0.490 e. The van der Waals surface area contributed by atoms with Crippen molar-refractivity contribution in [1.82, 2.24) is 0 Å². The first-order valence-corrected chi connectivity index (χ1v) is 7.32. The van der Waals surface area contributed by atoms with E-state index in [0.717, 1.165) is 11.3 Å². The lowest BCUT2D eigenvalue weighted by Gasteiger charge is -2.45. The van der Waals surface area contributed by atoms with Gasteiger partial charge in [0, 0.05) is 14.2 Å². The number of benzene rings is 1. The van der Waals surface area contributed by atoms with Crippen molar-refractivity contribution in [2.45, 2.75) is 25.9 Å². The Morgan fingerprint density at radius 2 is 1.88 bits per heavy atom. The van der Waals surface area contributed by atoms with Gasteiger partial charge in [0.25, 0.3) is 0 Å². The molecular formula is C13H16I2O. The number of hydrogen-bond donors (Lipinski definition) is 0. The highest BCUT2D eigenvalue weighted by Gasteiger charge is 2.43. The van der Waals surface area contributed by atoms with Crippen LogP contribution in [0.15, 0.2) is 24.3 Å². The maximum absolute atomic E-state index is 7.94. The second-order valence-corrected chi connectivity index (χ2v) is 5.31. The molecule has 0 aliphatic heterocycles. The van der Waals surface area contributed by atoms with E-state index in [1.54, 1.807) is 45.2 Å². The lowest BCUT2D eigenvalue weighted by Crippen LogP contribution is -2.46. The zero-order chi connectivity index (χ0) is 15.2. The van der Waals surface area contributed by atoms with Crippen LogP contribution < -0.4 is 4.74 Å². The van der Waals surface area contributed by atoms with Crippen molar-refractivity contribution in [3.63, 3.8) is 0 Å². The standard InChI is InChI=1S/C13H16I2O/c1-10-2-4-11(5-3-10)16-12-6-13(7-12,8-14)9-15/h2-5,12H,6-9H2,1H3/i8D2,9D2. The van der Waals surface area contributed by atoms with Crippen molar-refractivity contribution in [3.05, 3.63) is 29.8 Å². The summed E-state index contributed by atoms with van der Waals surface area (Å²) in [7, 11) is 0. The van der Waals surface area contributed by atoms with E-state index in [1.807, 2.05) is 31.2 Å². The molecule has 0 heterocycles. The predicted octanol–water partition coefficient (Wildman–Crippen LogP) is 4.39. The number of aryl methyl sites for hydroxylation is 1. The van der Waals surface area contributed by atoms with Gasteiger partial charge in [0.05, 0.1) is 6.10 Å². The van der Waals surface area contributed by atoms with Gasteiger partial charge < -0.3 is 4.74 Å². The molecule has 0 N–H and O–H groups in total. The lowest BCUT2D eigenvalue weighted by atomic mass is 9.70. The van der Waals surface area contributed by atoms with Crippen LogP contribution in [0, 0.1) is 12.3 Å². The summed E-state index contributed by atoms with van der Waals surface area (Å²) in [6, 6.07) is 7.73. The molecule has 0 atom stereocenters. The van der Waals surface area contributed by atoms with Crippen LogP contribution in [-0.4, -0.2) is 14.9 Å². The Kier molecular flexibility index (Phi) is 2.90. The number of ether oxygens (including phenoxy) is 1. The van der Waals surface area contributed by atoms with Crippen LogP contribution in [-0.2, 0) is 0 Å². The van der Waals surface area contributed by atoms with E-state index < -0.39 is 14.2 Å². The van der Waals surface area contributed by atoms with E-state index in [2.05, 4.69) is 0 Å². The summed E-state index contributed by atoms with van der Waals surface area (Å²) in [6.07, 6.45) is 0.673. The van der Waals surface area contributed by atoms with Crippen molar-refractivity contribution in [2.75, 3.05) is 8.76 Å². The largest absolute Gasteiger partial charge is 0.490 e. The fraction of sp³-hybridized carbons (Fsp3) is 0.538. The van der Waals surface area contributed by atoms with E-state index >= 15 is 0 Å². The highest BCUT2D eigenvalue weighted by molar-refractivity contribution is 14.1. The van der Waals surface area contributed by atoms with E-state index in [-0.39, 0.29) is 6.10 Å². The molecule has 3 heteroatoms. The van der Waals surface area contributed by atoms with E-state index in [1.165, 1.54) is 0 Å². The Hall–Kier alpha value is 0.480. The summed E-state index contributed by atoms with van der Waals surface area (Å²) in [5.74, 6) is 0.761. The lowest BCUT2D eigenvalue weighted by molar-refractivity contribution is 0.0206. The van der Waals surface area contributed by atoms with Gasteiger partial charge >= 0.3 is 0 Å². The molecule has 2 rings (SSSR count). The Morgan fingerprint density at radius 1 is 1.31 bits per heavy atom. The highest BCUT2D eigenvalue weighted by Crippen LogP contribution is 2.45. The first-order chi connectivity index (χ1) is 9.05. The van der Waals surface area contributed by atoms with Gasteiger partial charge in [0.1, 0.15) is 5.75 Å². The fourth-order valence-corrected chi connectivity index (χ4v) is 3.45. The summed E-state index contributed by atoms with van der Waals surface area (Å²) in [6.45, 7) is 2.01. The summed E-state index contributed by atoms with van der Waals surface area (Å²) in [4.78, 5) is 0. The number of alkyl halides is 2. The van der Waals surface area contributed by atoms with E-state index in [0.29, 0.717) is 12.8 Å². The predicted molar refractivity (Wildman–Crippen MR) is 85.0 cm³/mol. The van der Waals surface area contributed by atoms with Gasteiger partial charge in [0.2, 0.25) is 0 Å². The molecule has 88 valence electrons. The molecule has 1 saturated carbocycles. The van der Waals surface area contributed by atoms with Crippen LogP contribution in [0.5, 0.6) is 5.75 Å². The number of hydrogen-bond acceptors (Lipinski definition) is 1. The Balaban J connectivity index is 2.06. The van der Waals surface area contributed by atoms with E-state index in [4.69, 9.17) is 10.2 Å². The summed E-state index contributed by atoms with van der Waals surface area (Å²) in [5.41, 5.74) is 0.170. The number of rotatable bonds is 4. The Bertz CT molecular complexity index is 457. The average Bonchev–Trinajstić information content (AvgIpc) is 2.21. The van der Waals surface area contributed by atoms with Crippen LogP contribution >= 0.6 is 45.2 Å². The van der Waals surface area contributed by atoms with Gasteiger partial charge in [-0.2, -0.15) is 0 Å².